The Hall–Kier alpha value is -2.10. The molecule has 0 radical (unpaired) electrons. The fourth-order valence-corrected chi connectivity index (χ4v) is 2.01. The van der Waals surface area contributed by atoms with E-state index >= 15 is 0 Å². The van der Waals surface area contributed by atoms with Crippen LogP contribution in [0, 0.1) is 0 Å². The monoisotopic (exact) mass is 231 g/mol. The van der Waals surface area contributed by atoms with Crippen LogP contribution in [-0.4, -0.2) is 17.9 Å². The van der Waals surface area contributed by atoms with Crippen molar-refractivity contribution in [1.82, 2.24) is 0 Å². The third kappa shape index (κ3) is 2.06. The zero-order chi connectivity index (χ0) is 12.4. The van der Waals surface area contributed by atoms with E-state index in [0.717, 1.165) is 11.3 Å². The van der Waals surface area contributed by atoms with Crippen molar-refractivity contribution < 1.29 is 9.59 Å². The van der Waals surface area contributed by atoms with Crippen LogP contribution in [0.25, 0.3) is 0 Å². The smallest absolute Gasteiger partial charge is 0.234 e. The Morgan fingerprint density at radius 1 is 1.47 bits per heavy atom. The number of carbonyl (C=O) groups excluding carboxylic acids is 2. The van der Waals surface area contributed by atoms with E-state index in [9.17, 15) is 9.59 Å². The van der Waals surface area contributed by atoms with Crippen molar-refractivity contribution in [3.8, 4) is 0 Å². The first-order valence-electron chi connectivity index (χ1n) is 5.29. The molecular formula is C12H13N3O2. The van der Waals surface area contributed by atoms with Gasteiger partial charge in [-0.2, -0.15) is 0 Å². The zero-order valence-electron chi connectivity index (χ0n) is 9.14. The molecule has 1 aromatic carbocycles. The summed E-state index contributed by atoms with van der Waals surface area (Å²) in [5.74, 6) is 1.05. The highest BCUT2D eigenvalue weighted by molar-refractivity contribution is 5.81. The maximum absolute atomic E-state index is 11.0. The Labute approximate surface area is 98.5 Å². The first kappa shape index (κ1) is 11.4. The van der Waals surface area contributed by atoms with Gasteiger partial charge in [0.15, 0.2) is 0 Å². The van der Waals surface area contributed by atoms with Crippen molar-refractivity contribution in [2.45, 2.75) is 18.4 Å². The molecule has 0 saturated heterocycles. The van der Waals surface area contributed by atoms with E-state index in [0.29, 0.717) is 12.1 Å². The molecule has 2 atom stereocenters. The first-order chi connectivity index (χ1) is 8.13. The lowest BCUT2D eigenvalue weighted by molar-refractivity contribution is -0.119. The van der Waals surface area contributed by atoms with Gasteiger partial charge in [0.2, 0.25) is 5.91 Å². The highest BCUT2D eigenvalue weighted by Gasteiger charge is 2.30. The van der Waals surface area contributed by atoms with Crippen LogP contribution >= 0.6 is 0 Å². The Balaban J connectivity index is 2.31. The lowest BCUT2D eigenvalue weighted by atomic mass is 9.92. The lowest BCUT2D eigenvalue weighted by Crippen LogP contribution is -2.37. The predicted molar refractivity (Wildman–Crippen MR) is 63.8 cm³/mol. The number of para-hydroxylation sites is 1. The molecule has 5 heteroatoms. The summed E-state index contributed by atoms with van der Waals surface area (Å²) in [6, 6.07) is 6.73. The molecule has 0 bridgehead atoms. The first-order valence-corrected chi connectivity index (χ1v) is 5.29. The van der Waals surface area contributed by atoms with Crippen LogP contribution in [0.2, 0.25) is 0 Å². The number of allylic oxidation sites excluding steroid dienone is 1. The van der Waals surface area contributed by atoms with Gasteiger partial charge in [0, 0.05) is 11.6 Å². The van der Waals surface area contributed by atoms with E-state index in [4.69, 9.17) is 11.5 Å². The minimum Gasteiger partial charge on any atom is -0.368 e. The molecule has 5 N–H and O–H groups in total. The van der Waals surface area contributed by atoms with Crippen molar-refractivity contribution in [1.29, 1.82) is 0 Å². The van der Waals surface area contributed by atoms with E-state index in [2.05, 4.69) is 5.32 Å². The summed E-state index contributed by atoms with van der Waals surface area (Å²) in [6.07, 6.45) is 0.309. The number of hydrogen-bond acceptors (Lipinski definition) is 4. The maximum atomic E-state index is 11.0. The van der Waals surface area contributed by atoms with Crippen LogP contribution in [0.4, 0.5) is 5.69 Å². The van der Waals surface area contributed by atoms with Gasteiger partial charge < -0.3 is 16.8 Å². The number of anilines is 1. The predicted octanol–water partition coefficient (Wildman–Crippen LogP) is 0.114. The molecule has 0 spiro atoms. The molecule has 2 rings (SSSR count). The third-order valence-electron chi connectivity index (χ3n) is 2.92. The molecule has 5 nitrogen and oxygen atoms in total. The van der Waals surface area contributed by atoms with E-state index in [1.165, 1.54) is 0 Å². The second-order valence-electron chi connectivity index (χ2n) is 4.03. The number of primary amides is 1. The van der Waals surface area contributed by atoms with E-state index in [1.54, 1.807) is 0 Å². The average Bonchev–Trinajstić information content (AvgIpc) is 2.67. The number of benzene rings is 1. The summed E-state index contributed by atoms with van der Waals surface area (Å²) >= 11 is 0. The number of fused-ring (bicyclic) bond motifs is 1. The Morgan fingerprint density at radius 3 is 2.82 bits per heavy atom. The number of rotatable bonds is 3. The zero-order valence-corrected chi connectivity index (χ0v) is 9.14. The quantitative estimate of drug-likeness (QED) is 0.643. The number of carbonyl (C=O) groups is 1. The van der Waals surface area contributed by atoms with Crippen LogP contribution in [0.3, 0.4) is 0 Å². The summed E-state index contributed by atoms with van der Waals surface area (Å²) in [6.45, 7) is 0. The molecule has 1 heterocycles. The van der Waals surface area contributed by atoms with Gasteiger partial charge in [-0.05, 0) is 18.1 Å². The lowest BCUT2D eigenvalue weighted by Gasteiger charge is -2.13. The highest BCUT2D eigenvalue weighted by atomic mass is 16.1. The highest BCUT2D eigenvalue weighted by Crippen LogP contribution is 2.39. The van der Waals surface area contributed by atoms with Gasteiger partial charge in [-0.3, -0.25) is 4.79 Å². The van der Waals surface area contributed by atoms with E-state index in [1.807, 2.05) is 30.2 Å². The molecule has 0 fully saturated rings. The van der Waals surface area contributed by atoms with Gasteiger partial charge in [0.05, 0.1) is 6.04 Å². The summed E-state index contributed by atoms with van der Waals surface area (Å²) in [7, 11) is 0. The van der Waals surface area contributed by atoms with Crippen LogP contribution in [0.15, 0.2) is 30.0 Å². The molecule has 0 aliphatic carbocycles. The maximum Gasteiger partial charge on any atom is 0.234 e. The summed E-state index contributed by atoms with van der Waals surface area (Å²) in [4.78, 5) is 21.8. The molecule has 0 aromatic heterocycles. The number of amides is 1. The van der Waals surface area contributed by atoms with Crippen molar-refractivity contribution in [3.63, 3.8) is 0 Å². The molecule has 88 valence electrons. The van der Waals surface area contributed by atoms with Crippen molar-refractivity contribution >= 4 is 17.5 Å². The second kappa shape index (κ2) is 4.41. The second-order valence-corrected chi connectivity index (χ2v) is 4.03. The molecule has 1 unspecified atom stereocenters. The number of nitrogens with two attached hydrogens (primary N) is 2. The molecule has 1 amide bonds. The van der Waals surface area contributed by atoms with Crippen LogP contribution in [-0.2, 0) is 9.59 Å². The topological polar surface area (TPSA) is 98.2 Å². The van der Waals surface area contributed by atoms with Crippen molar-refractivity contribution in [2.24, 2.45) is 11.5 Å². The number of nitrogens with one attached hydrogen (secondary N) is 1. The van der Waals surface area contributed by atoms with Crippen molar-refractivity contribution in [3.05, 3.63) is 35.5 Å². The summed E-state index contributed by atoms with van der Waals surface area (Å²) in [5.41, 5.74) is 13.0. The Bertz CT molecular complexity index is 506. The van der Waals surface area contributed by atoms with E-state index < -0.39 is 11.9 Å². The Morgan fingerprint density at radius 2 is 2.18 bits per heavy atom. The molecule has 0 saturated carbocycles. The van der Waals surface area contributed by atoms with Gasteiger partial charge in [0.25, 0.3) is 0 Å². The van der Waals surface area contributed by atoms with E-state index in [-0.39, 0.29) is 5.92 Å². The van der Waals surface area contributed by atoms with Crippen LogP contribution in [0.5, 0.6) is 0 Å². The SMILES string of the molecule is NC(=O)[C@@H](N)CC1C(=C=O)Nc2ccccc21. The molecule has 1 aliphatic rings. The molecule has 1 aliphatic heterocycles. The van der Waals surface area contributed by atoms with Gasteiger partial charge in [-0.25, -0.2) is 4.79 Å². The normalized spacial score (nSPS) is 19.1. The minimum atomic E-state index is -0.767. The van der Waals surface area contributed by atoms with Crippen molar-refractivity contribution in [2.75, 3.05) is 5.32 Å². The fourth-order valence-electron chi connectivity index (χ4n) is 2.01. The van der Waals surface area contributed by atoms with Crippen LogP contribution in [0.1, 0.15) is 17.9 Å². The number of hydrogen-bond donors (Lipinski definition) is 3. The summed E-state index contributed by atoms with van der Waals surface area (Å²) < 4.78 is 0. The standard InChI is InChI=1S/C12H13N3O2/c13-9(12(14)17)5-8-7-3-1-2-4-10(7)15-11(8)6-16/h1-4,8-9,15H,5,13H2,(H2,14,17)/t8?,9-/m0/s1. The van der Waals surface area contributed by atoms with Crippen LogP contribution < -0.4 is 16.8 Å². The Kier molecular flexibility index (Phi) is 2.95. The van der Waals surface area contributed by atoms with Gasteiger partial charge >= 0.3 is 0 Å². The molecule has 17 heavy (non-hydrogen) atoms. The van der Waals surface area contributed by atoms with Gasteiger partial charge in [-0.15, -0.1) is 0 Å². The average molecular weight is 231 g/mol. The van der Waals surface area contributed by atoms with Gasteiger partial charge in [-0.1, -0.05) is 18.2 Å². The molecule has 1 aromatic rings. The summed E-state index contributed by atoms with van der Waals surface area (Å²) in [5, 5.41) is 2.96. The minimum absolute atomic E-state index is 0.230. The fraction of sp³-hybridized carbons (Fsp3) is 0.250. The molecular weight excluding hydrogens is 218 g/mol. The van der Waals surface area contributed by atoms with Gasteiger partial charge in [0.1, 0.15) is 11.6 Å². The largest absolute Gasteiger partial charge is 0.368 e. The third-order valence-corrected chi connectivity index (χ3v) is 2.92.